The van der Waals surface area contributed by atoms with Gasteiger partial charge in [-0.15, -0.1) is 0 Å². The fourth-order valence-electron chi connectivity index (χ4n) is 14.4. The number of anilines is 4. The van der Waals surface area contributed by atoms with Crippen molar-refractivity contribution in [3.63, 3.8) is 0 Å². The molecule has 0 radical (unpaired) electrons. The number of aromatic nitrogens is 20. The number of nitrogens with one attached hydrogen (secondary N) is 7. The molecule has 18 rings (SSSR count). The maximum absolute atomic E-state index is 11.6. The Labute approximate surface area is 711 Å². The van der Waals surface area contributed by atoms with Crippen LogP contribution in [-0.4, -0.2) is 209 Å². The monoisotopic (exact) mass is 1800 g/mol. The van der Waals surface area contributed by atoms with Crippen LogP contribution in [0.5, 0.6) is 11.5 Å². The zero-order valence-corrected chi connectivity index (χ0v) is 73.4. The number of hydrogen-bond acceptors (Lipinski definition) is 26. The number of pyridine rings is 4. The molecule has 4 aliphatic rings. The maximum atomic E-state index is 11.6. The summed E-state index contributed by atoms with van der Waals surface area (Å²) in [6.45, 7) is 15.5. The van der Waals surface area contributed by atoms with Crippen LogP contribution in [0.3, 0.4) is 0 Å². The molecule has 0 bridgehead atoms. The predicted octanol–water partition coefficient (Wildman–Crippen LogP) is 14.8. The van der Waals surface area contributed by atoms with Crippen LogP contribution in [0.1, 0.15) is 85.3 Å². The normalized spacial score (nSPS) is 14.9. The number of methoxy groups -OCH3 is 2. The molecule has 4 aliphatic heterocycles. The van der Waals surface area contributed by atoms with Gasteiger partial charge in [0.05, 0.1) is 69.8 Å². The summed E-state index contributed by atoms with van der Waals surface area (Å²) < 4.78 is 37.9. The van der Waals surface area contributed by atoms with Crippen molar-refractivity contribution in [3.05, 3.63) is 187 Å². The minimum absolute atomic E-state index is 0.213. The van der Waals surface area contributed by atoms with Crippen LogP contribution in [-0.2, 0) is 32.0 Å². The minimum atomic E-state index is -2.49. The molecule has 0 saturated carbocycles. The molecule has 14 aromatic rings. The average molecular weight is 1800 g/mol. The molecule has 4 fully saturated rings. The fourth-order valence-corrected chi connectivity index (χ4v) is 19.1. The van der Waals surface area contributed by atoms with Gasteiger partial charge in [-0.2, -0.15) is 15.3 Å². The number of fused-ring (bicyclic) bond motifs is 4. The van der Waals surface area contributed by atoms with Crippen molar-refractivity contribution >= 4 is 135 Å². The molecule has 31 nitrogen and oxygen atoms in total. The Morgan fingerprint density at radius 1 is 0.429 bits per heavy atom. The SMILES string of the molecule is COc1ccc(Cn2n[c]([Sn]([CH3])([CH3])[CH3])c3c(NC4CCOCC4)nc(C)cc32)cc1.COc1ccc(Cn2nc(-c3cc(Cl)ncn3)c3c(NC4CCOCC4)nc(C)cc32)cc1.Cc1cc2[nH]nc(-c3cc(=O)[nH]cn3)c2c(NC2CCOCC2)n1.Cc1cc2[nH]nc(-c3cc(Cl)ncn3)c2c(NC2CCOCC2)n1.Clc1cc(Cl)ncn1. The summed E-state index contributed by atoms with van der Waals surface area (Å²) in [4.78, 5) is 68.6. The molecule has 0 unspecified atom stereocenters. The number of ether oxygens (including phenoxy) is 6. The van der Waals surface area contributed by atoms with E-state index in [4.69, 9.17) is 95.0 Å². The van der Waals surface area contributed by atoms with E-state index in [1.54, 1.807) is 26.4 Å². The zero-order valence-electron chi connectivity index (χ0n) is 67.6. The predicted molar refractivity (Wildman–Crippen MR) is 467 cm³/mol. The van der Waals surface area contributed by atoms with E-state index >= 15 is 0 Å². The van der Waals surface area contributed by atoms with Crippen LogP contribution in [0.2, 0.25) is 35.4 Å². The van der Waals surface area contributed by atoms with Crippen LogP contribution < -0.4 is 40.0 Å². The second-order valence-electron chi connectivity index (χ2n) is 30.2. The molecule has 0 amide bonds. The van der Waals surface area contributed by atoms with Gasteiger partial charge in [-0.05, 0) is 95.2 Å². The third-order valence-corrected chi connectivity index (χ3v) is 26.2. The first-order valence-electron chi connectivity index (χ1n) is 39.4. The van der Waals surface area contributed by atoms with Crippen molar-refractivity contribution in [1.29, 1.82) is 0 Å². The third kappa shape index (κ3) is 22.0. The van der Waals surface area contributed by atoms with E-state index in [0.717, 1.165) is 218 Å². The largest absolute Gasteiger partial charge is 0.497 e. The minimum Gasteiger partial charge on any atom is -0.497 e. The summed E-state index contributed by atoms with van der Waals surface area (Å²) in [5.41, 5.74) is 13.7. The maximum Gasteiger partial charge on any atom is 0.251 e. The number of aromatic amines is 3. The zero-order chi connectivity index (χ0) is 83.1. The third-order valence-electron chi connectivity index (χ3n) is 20.3. The molecule has 7 N–H and O–H groups in total. The molecule has 4 saturated heterocycles. The van der Waals surface area contributed by atoms with Crippen LogP contribution in [0.25, 0.3) is 77.8 Å². The first-order chi connectivity index (χ1) is 57.6. The van der Waals surface area contributed by atoms with Gasteiger partial charge in [-0.25, -0.2) is 49.8 Å². The van der Waals surface area contributed by atoms with E-state index in [9.17, 15) is 4.79 Å². The second kappa shape index (κ2) is 39.7. The smallest absolute Gasteiger partial charge is 0.251 e. The Hall–Kier alpha value is -10.4. The number of rotatable bonds is 18. The first-order valence-corrected chi connectivity index (χ1v) is 50.9. The Bertz CT molecular complexity index is 5830. The van der Waals surface area contributed by atoms with Gasteiger partial charge in [-0.3, -0.25) is 19.7 Å². The number of halogens is 4. The van der Waals surface area contributed by atoms with Crippen LogP contribution in [0.4, 0.5) is 23.3 Å². The molecule has 0 aliphatic carbocycles. The van der Waals surface area contributed by atoms with E-state index in [2.05, 4.69) is 142 Å². The van der Waals surface area contributed by atoms with Gasteiger partial charge < -0.3 is 39.9 Å². The second-order valence-corrected chi connectivity index (χ2v) is 46.0. The molecule has 620 valence electrons. The van der Waals surface area contributed by atoms with Crippen molar-refractivity contribution in [2.24, 2.45) is 0 Å². The van der Waals surface area contributed by atoms with Crippen molar-refractivity contribution < 1.29 is 28.4 Å². The summed E-state index contributed by atoms with van der Waals surface area (Å²) >= 11 is 20.5. The Morgan fingerprint density at radius 3 is 1.16 bits per heavy atom. The Morgan fingerprint density at radius 2 is 0.782 bits per heavy atom. The van der Waals surface area contributed by atoms with E-state index in [-0.39, 0.29) is 5.56 Å². The molecule has 0 atom stereocenters. The van der Waals surface area contributed by atoms with Crippen molar-refractivity contribution in [1.82, 2.24) is 99.8 Å². The summed E-state index contributed by atoms with van der Waals surface area (Å²) in [7, 11) is 3.36. The number of benzene rings is 2. The van der Waals surface area contributed by atoms with Crippen molar-refractivity contribution in [3.8, 4) is 45.7 Å². The number of nitrogens with zero attached hydrogens (tertiary/aromatic N) is 17. The molecular formula is C83H94Cl4N24O7Sn. The Balaban J connectivity index is 0.000000127. The van der Waals surface area contributed by atoms with Gasteiger partial charge in [0.15, 0.2) is 0 Å². The number of H-pyrrole nitrogens is 3. The van der Waals surface area contributed by atoms with E-state index in [0.29, 0.717) is 74.1 Å². The summed E-state index contributed by atoms with van der Waals surface area (Å²) in [5, 5.41) is 44.9. The summed E-state index contributed by atoms with van der Waals surface area (Å²) in [6, 6.07) is 32.1. The molecule has 16 heterocycles. The molecule has 36 heteroatoms. The fraction of sp³-hybridized carbons (Fsp3) is 0.373. The molecule has 12 aromatic heterocycles. The standard InChI is InChI=1S/C24H25ClN6O2.C20H23N4O2.C16H17ClN6O.C16H18N6O2.C4H2Cl2N2.3CH3.Sn/c1-15-11-20-22(24(28-15)29-17-7-9-33-10-8-17)23(19-12-21(25)27-14-26-19)30-31(20)13-16-3-5-18(32-2)6-4-16;1-14-11-19-18(20(22-14)23-16-7-9-26-10-8-16)12-21-24(19)13-15-3-5-17(25-2)6-4-15;1-9-6-11-14(16(20-9)21-10-2-4-24-5-3-10)15(23-22-11)12-7-13(17)19-8-18-12;1-9-6-11-14(16(19-9)20-10-2-4-24-5-3-10)15(22-21-11)12-7-13(23)18-8-17-12;5-3-1-4(6)8-2-7-3;;;;/h3-6,11-12,14,17H,7-10,13H2,1-2H3,(H,28,29);3-6,11,16H,7-10,13H2,1-2H3,(H,22,23);6-8,10H,2-5H2,1H3,(H,20,21)(H,22,23);6-8,10H,2-5H2,1H3,(H,19,20)(H,21,22)(H,17,18,23);1-2H;3*1H3;. The van der Waals surface area contributed by atoms with Gasteiger partial charge in [-0.1, -0.05) is 58.5 Å². The van der Waals surface area contributed by atoms with Gasteiger partial charge in [0, 0.05) is 99.1 Å². The number of hydrogen-bond donors (Lipinski definition) is 7. The van der Waals surface area contributed by atoms with E-state index < -0.39 is 18.4 Å². The average Bonchev–Trinajstić information content (AvgIpc) is 1.63. The van der Waals surface area contributed by atoms with E-state index in [1.165, 1.54) is 57.6 Å². The molecule has 2 aromatic carbocycles. The van der Waals surface area contributed by atoms with E-state index in [1.807, 2.05) is 74.0 Å². The van der Waals surface area contributed by atoms with Crippen molar-refractivity contribution in [2.45, 2.75) is 131 Å². The van der Waals surface area contributed by atoms with Crippen LogP contribution in [0.15, 0.2) is 127 Å². The molecule has 0 spiro atoms. The Kier molecular flexibility index (Phi) is 28.4. The topological polar surface area (TPSA) is 371 Å². The summed E-state index contributed by atoms with van der Waals surface area (Å²) in [5.74, 6) is 5.09. The van der Waals surface area contributed by atoms with Crippen LogP contribution >= 0.6 is 46.4 Å². The summed E-state index contributed by atoms with van der Waals surface area (Å²) in [6.07, 6.45) is 13.3. The van der Waals surface area contributed by atoms with Crippen LogP contribution in [0, 0.1) is 27.7 Å². The van der Waals surface area contributed by atoms with Gasteiger partial charge >= 0.3 is 183 Å². The van der Waals surface area contributed by atoms with Gasteiger partial charge in [0.2, 0.25) is 0 Å². The van der Waals surface area contributed by atoms with Crippen molar-refractivity contribution in [2.75, 3.05) is 88.3 Å². The van der Waals surface area contributed by atoms with Gasteiger partial charge in [0.1, 0.15) is 79.9 Å². The molecule has 119 heavy (non-hydrogen) atoms. The quantitative estimate of drug-likeness (QED) is 0.0310. The first kappa shape index (κ1) is 85.1. The number of aryl methyl sites for hydroxylation is 4. The molecular weight excluding hydrogens is 1710 g/mol. The van der Waals surface area contributed by atoms with Gasteiger partial charge in [0.25, 0.3) is 5.56 Å².